The quantitative estimate of drug-likeness (QED) is 0.488. The maximum absolute atomic E-state index is 11.1. The number of ether oxygens (including phenoxy) is 3. The molecule has 3 aromatic rings. The molecule has 7 heteroatoms. The van der Waals surface area contributed by atoms with E-state index in [1.807, 2.05) is 30.3 Å². The van der Waals surface area contributed by atoms with Crippen molar-refractivity contribution in [2.45, 2.75) is 37.5 Å². The molecule has 0 amide bonds. The number of hydrogen-bond donors (Lipinski definition) is 2. The molecule has 1 unspecified atom stereocenters. The third-order valence-corrected chi connectivity index (χ3v) is 6.92. The second kappa shape index (κ2) is 11.1. The normalized spacial score (nSPS) is 18.5. The molecule has 2 N–H and O–H groups in total. The first-order valence-corrected chi connectivity index (χ1v) is 12.3. The van der Waals surface area contributed by atoms with Gasteiger partial charge in [0.25, 0.3) is 0 Å². The molecule has 2 aliphatic heterocycles. The molecule has 1 saturated heterocycles. The smallest absolute Gasteiger partial charge is 0.229 e. The third kappa shape index (κ3) is 5.59. The number of para-hydroxylation sites is 1. The first kappa shape index (κ1) is 23.6. The van der Waals surface area contributed by atoms with Crippen molar-refractivity contribution in [3.05, 3.63) is 83.9 Å². The number of β-amino-alcohol motifs (C(OH)–C–C–N with tert-alkyl or cyclic N) is 1. The van der Waals surface area contributed by atoms with Crippen molar-refractivity contribution in [2.75, 3.05) is 33.5 Å². The van der Waals surface area contributed by atoms with Gasteiger partial charge in [-0.25, -0.2) is 0 Å². The fraction of sp³-hybridized carbons (Fsp3) is 0.393. The number of rotatable bonds is 9. The van der Waals surface area contributed by atoms with Gasteiger partial charge in [-0.3, -0.25) is 4.98 Å². The van der Waals surface area contributed by atoms with Crippen LogP contribution in [0, 0.1) is 0 Å². The van der Waals surface area contributed by atoms with Gasteiger partial charge in [-0.15, -0.1) is 0 Å². The van der Waals surface area contributed by atoms with Gasteiger partial charge in [0.2, 0.25) is 6.79 Å². The Morgan fingerprint density at radius 2 is 1.94 bits per heavy atom. The fourth-order valence-corrected chi connectivity index (χ4v) is 5.06. The van der Waals surface area contributed by atoms with Crippen LogP contribution < -0.4 is 10.1 Å². The molecule has 1 fully saturated rings. The van der Waals surface area contributed by atoms with Crippen LogP contribution in [0.3, 0.4) is 0 Å². The van der Waals surface area contributed by atoms with E-state index in [9.17, 15) is 5.11 Å². The molecule has 35 heavy (non-hydrogen) atoms. The number of hydrogen-bond acceptors (Lipinski definition) is 7. The summed E-state index contributed by atoms with van der Waals surface area (Å²) in [6.45, 7) is 2.73. The van der Waals surface area contributed by atoms with Crippen LogP contribution in [0.15, 0.2) is 72.8 Å². The Morgan fingerprint density at radius 1 is 1.11 bits per heavy atom. The van der Waals surface area contributed by atoms with Crippen LogP contribution in [0.4, 0.5) is 0 Å². The zero-order chi connectivity index (χ0) is 24.0. The lowest BCUT2D eigenvalue weighted by Gasteiger charge is -2.35. The molecule has 2 atom stereocenters. The predicted octanol–water partition coefficient (Wildman–Crippen LogP) is 3.79. The van der Waals surface area contributed by atoms with Crippen LogP contribution in [0.2, 0.25) is 0 Å². The molecule has 2 aliphatic rings. The van der Waals surface area contributed by atoms with Crippen molar-refractivity contribution < 1.29 is 19.3 Å². The zero-order valence-electron chi connectivity index (χ0n) is 20.1. The summed E-state index contributed by atoms with van der Waals surface area (Å²) in [5, 5.41) is 15.8. The summed E-state index contributed by atoms with van der Waals surface area (Å²) in [5.74, 6) is 1.59. The standard InChI is InChI=1S/C28H33N3O4/c1-33-26-9-5-8-23-22(10-13-29-28(23)26)25(32)17-31-14-11-21(12-15-31)30-24(27-18-34-19-35-27)16-20-6-3-2-4-7-20/h2-10,13,18,21,24-25,30,32H,11-12,14-17,19H2,1H3/t24?,25-/m0/s1. The highest BCUT2D eigenvalue weighted by Gasteiger charge is 2.27. The van der Waals surface area contributed by atoms with Gasteiger partial charge in [0.15, 0.2) is 5.76 Å². The van der Waals surface area contributed by atoms with Crippen LogP contribution in [-0.2, 0) is 15.9 Å². The number of benzene rings is 2. The SMILES string of the molecule is COc1cccc2c([C@@H](O)CN3CCC(NC(Cc4ccccc4)C4=COCO4)CC3)ccnc12. The van der Waals surface area contributed by atoms with Crippen LogP contribution in [-0.4, -0.2) is 60.6 Å². The van der Waals surface area contributed by atoms with Gasteiger partial charge >= 0.3 is 0 Å². The summed E-state index contributed by atoms with van der Waals surface area (Å²) in [4.78, 5) is 6.80. The monoisotopic (exact) mass is 475 g/mol. The van der Waals surface area contributed by atoms with E-state index in [1.54, 1.807) is 19.6 Å². The summed E-state index contributed by atoms with van der Waals surface area (Å²) in [5.41, 5.74) is 2.94. The lowest BCUT2D eigenvalue weighted by Crippen LogP contribution is -2.48. The van der Waals surface area contributed by atoms with Crippen LogP contribution in [0.1, 0.15) is 30.1 Å². The average Bonchev–Trinajstić information content (AvgIpc) is 3.44. The molecule has 1 aromatic heterocycles. The number of methoxy groups -OCH3 is 1. The van der Waals surface area contributed by atoms with Crippen LogP contribution in [0.5, 0.6) is 5.75 Å². The van der Waals surface area contributed by atoms with E-state index in [-0.39, 0.29) is 12.8 Å². The maximum atomic E-state index is 11.1. The summed E-state index contributed by atoms with van der Waals surface area (Å²) < 4.78 is 16.5. The van der Waals surface area contributed by atoms with Crippen LogP contribution >= 0.6 is 0 Å². The van der Waals surface area contributed by atoms with Gasteiger partial charge < -0.3 is 29.5 Å². The van der Waals surface area contributed by atoms with Gasteiger partial charge in [-0.05, 0) is 55.6 Å². The molecule has 0 aliphatic carbocycles. The largest absolute Gasteiger partial charge is 0.494 e. The Balaban J connectivity index is 1.19. The molecule has 0 spiro atoms. The number of nitrogens with zero attached hydrogens (tertiary/aromatic N) is 2. The van der Waals surface area contributed by atoms with E-state index < -0.39 is 6.10 Å². The van der Waals surface area contributed by atoms with Gasteiger partial charge in [0, 0.05) is 24.2 Å². The second-order valence-corrected chi connectivity index (χ2v) is 9.21. The Labute approximate surface area is 206 Å². The maximum Gasteiger partial charge on any atom is 0.229 e. The zero-order valence-corrected chi connectivity index (χ0v) is 20.1. The lowest BCUT2D eigenvalue weighted by atomic mass is 9.98. The van der Waals surface area contributed by atoms with E-state index in [1.165, 1.54) is 5.56 Å². The first-order valence-electron chi connectivity index (χ1n) is 12.3. The van der Waals surface area contributed by atoms with E-state index >= 15 is 0 Å². The Bertz CT molecular complexity index is 1150. The molecule has 0 saturated carbocycles. The van der Waals surface area contributed by atoms with Gasteiger partial charge in [0.05, 0.1) is 19.3 Å². The number of nitrogens with one attached hydrogen (secondary N) is 1. The van der Waals surface area contributed by atoms with E-state index in [0.717, 1.165) is 60.3 Å². The van der Waals surface area contributed by atoms with Crippen molar-refractivity contribution in [3.8, 4) is 5.75 Å². The van der Waals surface area contributed by atoms with Crippen molar-refractivity contribution in [1.29, 1.82) is 0 Å². The van der Waals surface area contributed by atoms with Crippen molar-refractivity contribution in [1.82, 2.24) is 15.2 Å². The number of aromatic nitrogens is 1. The third-order valence-electron chi connectivity index (χ3n) is 6.92. The highest BCUT2D eigenvalue weighted by Crippen LogP contribution is 2.30. The number of pyridine rings is 1. The van der Waals surface area contributed by atoms with E-state index in [4.69, 9.17) is 14.2 Å². The minimum atomic E-state index is -0.586. The molecule has 5 rings (SSSR count). The number of likely N-dealkylation sites (tertiary alicyclic amines) is 1. The summed E-state index contributed by atoms with van der Waals surface area (Å²) in [7, 11) is 1.64. The van der Waals surface area contributed by atoms with Crippen molar-refractivity contribution >= 4 is 10.9 Å². The first-order chi connectivity index (χ1) is 17.2. The average molecular weight is 476 g/mol. The number of aliphatic hydroxyl groups excluding tert-OH is 1. The molecule has 3 heterocycles. The molecule has 0 radical (unpaired) electrons. The fourth-order valence-electron chi connectivity index (χ4n) is 5.06. The molecule has 0 bridgehead atoms. The Kier molecular flexibility index (Phi) is 7.47. The van der Waals surface area contributed by atoms with Crippen molar-refractivity contribution in [3.63, 3.8) is 0 Å². The molecule has 7 nitrogen and oxygen atoms in total. The predicted molar refractivity (Wildman–Crippen MR) is 135 cm³/mol. The van der Waals surface area contributed by atoms with Crippen LogP contribution in [0.25, 0.3) is 10.9 Å². The Morgan fingerprint density at radius 3 is 2.69 bits per heavy atom. The molecular weight excluding hydrogens is 442 g/mol. The minimum absolute atomic E-state index is 0.0835. The number of piperidine rings is 1. The second-order valence-electron chi connectivity index (χ2n) is 9.21. The highest BCUT2D eigenvalue weighted by molar-refractivity contribution is 5.87. The lowest BCUT2D eigenvalue weighted by molar-refractivity contribution is 0.0696. The number of fused-ring (bicyclic) bond motifs is 1. The topological polar surface area (TPSA) is 76.1 Å². The van der Waals surface area contributed by atoms with Crippen molar-refractivity contribution in [2.24, 2.45) is 0 Å². The summed E-state index contributed by atoms with van der Waals surface area (Å²) in [6.07, 6.45) is 5.77. The van der Waals surface area contributed by atoms with E-state index in [0.29, 0.717) is 12.6 Å². The van der Waals surface area contributed by atoms with Gasteiger partial charge in [-0.2, -0.15) is 0 Å². The van der Waals surface area contributed by atoms with Gasteiger partial charge in [-0.1, -0.05) is 42.5 Å². The number of aliphatic hydroxyl groups is 1. The Hall–Kier alpha value is -3.13. The molecule has 184 valence electrons. The summed E-state index contributed by atoms with van der Waals surface area (Å²) >= 11 is 0. The van der Waals surface area contributed by atoms with Gasteiger partial charge in [0.1, 0.15) is 17.5 Å². The van der Waals surface area contributed by atoms with E-state index in [2.05, 4.69) is 39.5 Å². The molecule has 2 aromatic carbocycles. The summed E-state index contributed by atoms with van der Waals surface area (Å²) in [6, 6.07) is 18.7. The highest BCUT2D eigenvalue weighted by atomic mass is 16.7. The molecular formula is C28H33N3O4. The minimum Gasteiger partial charge on any atom is -0.494 e.